The molecule has 0 radical (unpaired) electrons. The number of rotatable bonds is 5. The van der Waals surface area contributed by atoms with E-state index in [1.165, 1.54) is 5.56 Å². The first kappa shape index (κ1) is 14.4. The molecule has 0 bridgehead atoms. The van der Waals surface area contributed by atoms with Gasteiger partial charge in [0.25, 0.3) is 0 Å². The molecule has 0 aliphatic carbocycles. The molecule has 0 saturated heterocycles. The van der Waals surface area contributed by atoms with Crippen LogP contribution in [0.25, 0.3) is 0 Å². The van der Waals surface area contributed by atoms with Crippen LogP contribution in [0.2, 0.25) is 5.02 Å². The maximum absolute atomic E-state index is 11.9. The summed E-state index contributed by atoms with van der Waals surface area (Å²) in [6.07, 6.45) is 2.15. The first-order valence-corrected chi connectivity index (χ1v) is 6.92. The molecule has 0 saturated carbocycles. The molecule has 0 aromatic heterocycles. The van der Waals surface area contributed by atoms with Gasteiger partial charge >= 0.3 is 0 Å². The lowest BCUT2D eigenvalue weighted by Gasteiger charge is -2.08. The van der Waals surface area contributed by atoms with Crippen LogP contribution in [-0.2, 0) is 11.2 Å². The Labute approximate surface area is 123 Å². The van der Waals surface area contributed by atoms with Gasteiger partial charge in [-0.1, -0.05) is 41.9 Å². The number of carbonyl (C=O) groups is 1. The van der Waals surface area contributed by atoms with Crippen molar-refractivity contribution in [3.05, 3.63) is 59.1 Å². The third kappa shape index (κ3) is 4.28. The molecule has 3 nitrogen and oxygen atoms in total. The van der Waals surface area contributed by atoms with Crippen molar-refractivity contribution in [1.82, 2.24) is 0 Å². The molecule has 104 valence electrons. The van der Waals surface area contributed by atoms with Gasteiger partial charge in [-0.05, 0) is 36.6 Å². The Morgan fingerprint density at radius 2 is 1.90 bits per heavy atom. The van der Waals surface area contributed by atoms with Crippen LogP contribution in [0.5, 0.6) is 0 Å². The molecule has 2 rings (SSSR count). The van der Waals surface area contributed by atoms with E-state index < -0.39 is 0 Å². The molecule has 2 aromatic carbocycles. The van der Waals surface area contributed by atoms with Crippen molar-refractivity contribution in [2.45, 2.75) is 19.3 Å². The molecular weight excluding hydrogens is 272 g/mol. The Balaban J connectivity index is 1.82. The Kier molecular flexibility index (Phi) is 5.02. The number of amides is 1. The van der Waals surface area contributed by atoms with E-state index in [0.717, 1.165) is 12.8 Å². The molecule has 0 spiro atoms. The predicted octanol–water partition coefficient (Wildman–Crippen LogP) is 3.88. The van der Waals surface area contributed by atoms with Crippen LogP contribution in [0.15, 0.2) is 48.5 Å². The molecule has 3 N–H and O–H groups in total. The number of hydrogen-bond acceptors (Lipinski definition) is 2. The van der Waals surface area contributed by atoms with Gasteiger partial charge in [-0.2, -0.15) is 0 Å². The summed E-state index contributed by atoms with van der Waals surface area (Å²) < 4.78 is 0. The van der Waals surface area contributed by atoms with Gasteiger partial charge in [0.05, 0.1) is 11.4 Å². The minimum absolute atomic E-state index is 0.0464. The van der Waals surface area contributed by atoms with Crippen LogP contribution in [-0.4, -0.2) is 5.91 Å². The third-order valence-electron chi connectivity index (χ3n) is 3.00. The number of benzene rings is 2. The molecule has 4 heteroatoms. The minimum atomic E-state index is -0.0464. The van der Waals surface area contributed by atoms with E-state index in [2.05, 4.69) is 17.4 Å². The first-order valence-electron chi connectivity index (χ1n) is 6.54. The van der Waals surface area contributed by atoms with Gasteiger partial charge in [-0.15, -0.1) is 0 Å². The van der Waals surface area contributed by atoms with Gasteiger partial charge in [0.1, 0.15) is 0 Å². The maximum Gasteiger partial charge on any atom is 0.224 e. The molecule has 2 aromatic rings. The lowest BCUT2D eigenvalue weighted by atomic mass is 10.1. The van der Waals surface area contributed by atoms with Crippen LogP contribution in [0.4, 0.5) is 11.4 Å². The van der Waals surface area contributed by atoms with E-state index in [1.807, 2.05) is 18.2 Å². The minimum Gasteiger partial charge on any atom is -0.397 e. The number of anilines is 2. The van der Waals surface area contributed by atoms with E-state index in [1.54, 1.807) is 18.2 Å². The summed E-state index contributed by atoms with van der Waals surface area (Å²) in [5, 5.41) is 3.34. The fourth-order valence-corrected chi connectivity index (χ4v) is 2.12. The normalized spacial score (nSPS) is 10.2. The number of aryl methyl sites for hydroxylation is 1. The second kappa shape index (κ2) is 6.96. The summed E-state index contributed by atoms with van der Waals surface area (Å²) in [6.45, 7) is 0. The highest BCUT2D eigenvalue weighted by Gasteiger charge is 2.06. The number of nitrogens with one attached hydrogen (secondary N) is 1. The Bertz CT molecular complexity index is 584. The summed E-state index contributed by atoms with van der Waals surface area (Å²) in [7, 11) is 0. The highest BCUT2D eigenvalue weighted by Crippen LogP contribution is 2.23. The topological polar surface area (TPSA) is 55.1 Å². The molecule has 0 heterocycles. The Morgan fingerprint density at radius 3 is 2.65 bits per heavy atom. The molecule has 0 aliphatic rings. The molecule has 1 amide bonds. The largest absolute Gasteiger partial charge is 0.397 e. The molecule has 0 unspecified atom stereocenters. The van der Waals surface area contributed by atoms with Crippen molar-refractivity contribution in [2.75, 3.05) is 11.1 Å². The van der Waals surface area contributed by atoms with Crippen LogP contribution < -0.4 is 11.1 Å². The first-order chi connectivity index (χ1) is 9.65. The van der Waals surface area contributed by atoms with Crippen molar-refractivity contribution in [2.24, 2.45) is 0 Å². The van der Waals surface area contributed by atoms with Crippen molar-refractivity contribution in [3.63, 3.8) is 0 Å². The lowest BCUT2D eigenvalue weighted by Crippen LogP contribution is -2.12. The number of halogens is 1. The third-order valence-corrected chi connectivity index (χ3v) is 3.24. The highest BCUT2D eigenvalue weighted by atomic mass is 35.5. The second-order valence-corrected chi connectivity index (χ2v) is 5.06. The van der Waals surface area contributed by atoms with Gasteiger partial charge in [-0.25, -0.2) is 0 Å². The van der Waals surface area contributed by atoms with E-state index in [9.17, 15) is 4.79 Å². The average Bonchev–Trinajstić information content (AvgIpc) is 2.44. The molecular formula is C16H17ClN2O. The number of hydrogen-bond donors (Lipinski definition) is 2. The summed E-state index contributed by atoms with van der Waals surface area (Å²) in [5.74, 6) is -0.0464. The summed E-state index contributed by atoms with van der Waals surface area (Å²) in [6, 6.07) is 15.2. The van der Waals surface area contributed by atoms with Gasteiger partial charge in [-0.3, -0.25) is 4.79 Å². The zero-order valence-electron chi connectivity index (χ0n) is 11.1. The van der Waals surface area contributed by atoms with Gasteiger partial charge in [0.2, 0.25) is 5.91 Å². The van der Waals surface area contributed by atoms with Crippen LogP contribution in [0.3, 0.4) is 0 Å². The van der Waals surface area contributed by atoms with Crippen molar-refractivity contribution in [3.8, 4) is 0 Å². The SMILES string of the molecule is Nc1ccc(Cl)cc1NC(=O)CCCc1ccccc1. The standard InChI is InChI=1S/C16H17ClN2O/c17-13-9-10-14(18)15(11-13)19-16(20)8-4-7-12-5-2-1-3-6-12/h1-3,5-6,9-11H,4,7-8,18H2,(H,19,20). The molecule has 0 atom stereocenters. The number of nitrogens with two attached hydrogens (primary N) is 1. The molecule has 20 heavy (non-hydrogen) atoms. The zero-order chi connectivity index (χ0) is 14.4. The van der Waals surface area contributed by atoms with Gasteiger partial charge in [0, 0.05) is 11.4 Å². The van der Waals surface area contributed by atoms with E-state index >= 15 is 0 Å². The Morgan fingerprint density at radius 1 is 1.15 bits per heavy atom. The predicted molar refractivity (Wildman–Crippen MR) is 83.9 cm³/mol. The fraction of sp³-hybridized carbons (Fsp3) is 0.188. The van der Waals surface area contributed by atoms with Crippen molar-refractivity contribution in [1.29, 1.82) is 0 Å². The van der Waals surface area contributed by atoms with E-state index in [0.29, 0.717) is 22.8 Å². The quantitative estimate of drug-likeness (QED) is 0.820. The highest BCUT2D eigenvalue weighted by molar-refractivity contribution is 6.31. The Hall–Kier alpha value is -2.00. The zero-order valence-corrected chi connectivity index (χ0v) is 11.9. The van der Waals surface area contributed by atoms with Crippen LogP contribution in [0, 0.1) is 0 Å². The van der Waals surface area contributed by atoms with Crippen LogP contribution in [0.1, 0.15) is 18.4 Å². The second-order valence-electron chi connectivity index (χ2n) is 4.62. The summed E-state index contributed by atoms with van der Waals surface area (Å²) in [5.41, 5.74) is 8.11. The number of nitrogen functional groups attached to an aromatic ring is 1. The molecule has 0 fully saturated rings. The van der Waals surface area contributed by atoms with Gasteiger partial charge in [0.15, 0.2) is 0 Å². The number of carbonyl (C=O) groups excluding carboxylic acids is 1. The van der Waals surface area contributed by atoms with Crippen molar-refractivity contribution >= 4 is 28.9 Å². The van der Waals surface area contributed by atoms with Gasteiger partial charge < -0.3 is 11.1 Å². The average molecular weight is 289 g/mol. The fourth-order valence-electron chi connectivity index (χ4n) is 1.95. The van der Waals surface area contributed by atoms with Crippen molar-refractivity contribution < 1.29 is 4.79 Å². The van der Waals surface area contributed by atoms with E-state index in [-0.39, 0.29) is 5.91 Å². The molecule has 0 aliphatic heterocycles. The summed E-state index contributed by atoms with van der Waals surface area (Å²) >= 11 is 5.88. The van der Waals surface area contributed by atoms with Crippen LogP contribution >= 0.6 is 11.6 Å². The monoisotopic (exact) mass is 288 g/mol. The maximum atomic E-state index is 11.9. The summed E-state index contributed by atoms with van der Waals surface area (Å²) in [4.78, 5) is 11.9. The lowest BCUT2D eigenvalue weighted by molar-refractivity contribution is -0.116. The smallest absolute Gasteiger partial charge is 0.224 e. The van der Waals surface area contributed by atoms with E-state index in [4.69, 9.17) is 17.3 Å².